The number of aromatic nitrogens is 3. The maximum atomic E-state index is 13.2. The Kier molecular flexibility index (Phi) is 4.16. The predicted octanol–water partition coefficient (Wildman–Crippen LogP) is 3.79. The smallest absolute Gasteiger partial charge is 0.329 e. The van der Waals surface area contributed by atoms with Gasteiger partial charge in [0.25, 0.3) is 0 Å². The number of aryl methyl sites for hydroxylation is 2. The summed E-state index contributed by atoms with van der Waals surface area (Å²) in [4.78, 5) is 30.8. The normalized spacial score (nSPS) is 17.2. The van der Waals surface area contributed by atoms with Gasteiger partial charge in [-0.2, -0.15) is 0 Å². The van der Waals surface area contributed by atoms with Gasteiger partial charge in [0.2, 0.25) is 0 Å². The van der Waals surface area contributed by atoms with Crippen molar-refractivity contribution in [1.82, 2.24) is 15.0 Å². The van der Waals surface area contributed by atoms with Crippen LogP contribution < -0.4 is 15.1 Å². The van der Waals surface area contributed by atoms with Gasteiger partial charge < -0.3 is 4.90 Å². The van der Waals surface area contributed by atoms with Gasteiger partial charge in [0.15, 0.2) is 5.82 Å². The van der Waals surface area contributed by atoms with Crippen LogP contribution in [0.25, 0.3) is 11.3 Å². The fourth-order valence-electron chi connectivity index (χ4n) is 4.11. The summed E-state index contributed by atoms with van der Waals surface area (Å²) in [7, 11) is 0. The maximum Gasteiger partial charge on any atom is 0.329 e. The molecule has 2 amide bonds. The lowest BCUT2D eigenvalue weighted by Crippen LogP contribution is -2.48. The molecule has 0 radical (unpaired) electrons. The lowest BCUT2D eigenvalue weighted by atomic mass is 10.1. The lowest BCUT2D eigenvalue weighted by Gasteiger charge is -2.35. The van der Waals surface area contributed by atoms with Crippen LogP contribution in [0.3, 0.4) is 0 Å². The van der Waals surface area contributed by atoms with E-state index < -0.39 is 0 Å². The van der Waals surface area contributed by atoms with E-state index in [1.807, 2.05) is 44.2 Å². The number of rotatable bonds is 2. The molecular formula is C22H22N6O. The summed E-state index contributed by atoms with van der Waals surface area (Å²) < 4.78 is 0. The molecule has 1 N–H and O–H groups in total. The number of hydrogen-bond donors (Lipinski definition) is 1. The number of fused-ring (bicyclic) bond motifs is 4. The van der Waals surface area contributed by atoms with Crippen molar-refractivity contribution in [2.24, 2.45) is 0 Å². The van der Waals surface area contributed by atoms with Gasteiger partial charge in [-0.1, -0.05) is 0 Å². The van der Waals surface area contributed by atoms with Crippen LogP contribution in [0, 0.1) is 13.8 Å². The summed E-state index contributed by atoms with van der Waals surface area (Å²) >= 11 is 0. The fraction of sp³-hybridized carbons (Fsp3) is 0.273. The Morgan fingerprint density at radius 3 is 2.79 bits per heavy atom. The lowest BCUT2D eigenvalue weighted by molar-refractivity contribution is 0.254. The van der Waals surface area contributed by atoms with Crippen molar-refractivity contribution in [1.29, 1.82) is 0 Å². The quantitative estimate of drug-likeness (QED) is 0.725. The molecule has 2 bridgehead atoms. The van der Waals surface area contributed by atoms with Gasteiger partial charge in [-0.3, -0.25) is 15.2 Å². The highest BCUT2D eigenvalue weighted by atomic mass is 16.2. The Hall–Kier alpha value is -3.48. The molecule has 5 heterocycles. The van der Waals surface area contributed by atoms with E-state index >= 15 is 0 Å². The van der Waals surface area contributed by atoms with Gasteiger partial charge in [-0.15, -0.1) is 0 Å². The number of nitrogens with one attached hydrogen (secondary N) is 1. The van der Waals surface area contributed by atoms with Crippen LogP contribution >= 0.6 is 0 Å². The molecule has 2 aliphatic rings. The van der Waals surface area contributed by atoms with Crippen LogP contribution in [0.5, 0.6) is 0 Å². The highest BCUT2D eigenvalue weighted by Gasteiger charge is 2.40. The Morgan fingerprint density at radius 1 is 1.10 bits per heavy atom. The summed E-state index contributed by atoms with van der Waals surface area (Å²) in [5.74, 6) is 1.26. The minimum Gasteiger partial charge on any atom is -0.366 e. The zero-order valence-electron chi connectivity index (χ0n) is 16.5. The molecule has 0 aromatic carbocycles. The largest absolute Gasteiger partial charge is 0.366 e. The minimum absolute atomic E-state index is 0.106. The Bertz CT molecular complexity index is 1100. The molecule has 1 atom stereocenters. The second-order valence-electron chi connectivity index (χ2n) is 7.63. The number of carbonyl (C=O) groups is 1. The van der Waals surface area contributed by atoms with Gasteiger partial charge in [0.05, 0.1) is 17.4 Å². The zero-order chi connectivity index (χ0) is 20.0. The van der Waals surface area contributed by atoms with Crippen molar-refractivity contribution < 1.29 is 4.79 Å². The predicted molar refractivity (Wildman–Crippen MR) is 113 cm³/mol. The first kappa shape index (κ1) is 17.6. The zero-order valence-corrected chi connectivity index (χ0v) is 16.5. The summed E-state index contributed by atoms with van der Waals surface area (Å²) in [6.45, 7) is 5.70. The molecule has 3 aromatic heterocycles. The molecule has 0 unspecified atom stereocenters. The number of urea groups is 1. The minimum atomic E-state index is -0.188. The van der Waals surface area contributed by atoms with Crippen molar-refractivity contribution in [3.8, 4) is 11.3 Å². The molecule has 146 valence electrons. The third-order valence-electron chi connectivity index (χ3n) is 5.51. The third-order valence-corrected chi connectivity index (χ3v) is 5.51. The molecule has 1 saturated heterocycles. The average molecular weight is 386 g/mol. The highest BCUT2D eigenvalue weighted by molar-refractivity contribution is 6.04. The Morgan fingerprint density at radius 2 is 1.97 bits per heavy atom. The summed E-state index contributed by atoms with van der Waals surface area (Å²) in [6, 6.07) is 11.7. The number of hydrogen-bond acceptors (Lipinski definition) is 5. The van der Waals surface area contributed by atoms with Crippen molar-refractivity contribution in [2.75, 3.05) is 28.2 Å². The number of carbonyl (C=O) groups excluding carboxylic acids is 1. The van der Waals surface area contributed by atoms with Crippen LogP contribution in [-0.2, 0) is 0 Å². The van der Waals surface area contributed by atoms with Crippen molar-refractivity contribution in [3.63, 3.8) is 0 Å². The van der Waals surface area contributed by atoms with E-state index in [9.17, 15) is 4.79 Å². The van der Waals surface area contributed by atoms with E-state index in [1.54, 1.807) is 17.3 Å². The monoisotopic (exact) mass is 386 g/mol. The molecule has 0 aliphatic carbocycles. The molecule has 1 fully saturated rings. The fourth-order valence-corrected chi connectivity index (χ4v) is 4.11. The number of anilines is 3. The van der Waals surface area contributed by atoms with Gasteiger partial charge >= 0.3 is 6.03 Å². The first-order valence-corrected chi connectivity index (χ1v) is 9.80. The van der Waals surface area contributed by atoms with Crippen LogP contribution in [0.15, 0.2) is 48.8 Å². The van der Waals surface area contributed by atoms with Crippen LogP contribution in [0.4, 0.5) is 22.1 Å². The Labute approximate surface area is 169 Å². The van der Waals surface area contributed by atoms with Crippen LogP contribution in [0.2, 0.25) is 0 Å². The summed E-state index contributed by atoms with van der Waals surface area (Å²) in [5, 5.41) is 2.95. The summed E-state index contributed by atoms with van der Waals surface area (Å²) in [5.41, 5.74) is 4.82. The van der Waals surface area contributed by atoms with E-state index in [-0.39, 0.29) is 12.1 Å². The van der Waals surface area contributed by atoms with E-state index in [2.05, 4.69) is 26.3 Å². The van der Waals surface area contributed by atoms with Crippen molar-refractivity contribution >= 4 is 23.4 Å². The van der Waals surface area contributed by atoms with Gasteiger partial charge in [0.1, 0.15) is 5.82 Å². The van der Waals surface area contributed by atoms with E-state index in [4.69, 9.17) is 4.98 Å². The summed E-state index contributed by atoms with van der Waals surface area (Å²) in [6.07, 6.45) is 4.41. The molecule has 5 rings (SSSR count). The van der Waals surface area contributed by atoms with Gasteiger partial charge in [-0.25, -0.2) is 14.8 Å². The van der Waals surface area contributed by atoms with E-state index in [0.29, 0.717) is 11.6 Å². The molecule has 0 saturated carbocycles. The molecule has 2 aliphatic heterocycles. The third kappa shape index (κ3) is 3.18. The average Bonchev–Trinajstić information content (AvgIpc) is 3.12. The highest BCUT2D eigenvalue weighted by Crippen LogP contribution is 2.40. The number of nitrogens with zero attached hydrogens (tertiary/aromatic N) is 5. The number of amides is 2. The second kappa shape index (κ2) is 6.84. The van der Waals surface area contributed by atoms with Gasteiger partial charge in [0, 0.05) is 36.7 Å². The van der Waals surface area contributed by atoms with E-state index in [0.717, 1.165) is 47.7 Å². The van der Waals surface area contributed by atoms with Gasteiger partial charge in [-0.05, 0) is 62.2 Å². The van der Waals surface area contributed by atoms with E-state index in [1.165, 1.54) is 0 Å². The molecule has 0 spiro atoms. The van der Waals surface area contributed by atoms with Crippen molar-refractivity contribution in [3.05, 3.63) is 60.0 Å². The molecule has 7 heteroatoms. The molecular weight excluding hydrogens is 364 g/mol. The molecule has 7 nitrogen and oxygen atoms in total. The molecule has 3 aromatic rings. The standard InChI is InChI=1S/C22H22N6O/c1-14-5-8-24-20(11-14)26-22(29)28-17-7-10-27(13-17)19-4-3-18(25-21(19)28)16-6-9-23-15(2)12-16/h3-6,8-9,11-12,17H,7,10,13H2,1-2H3,(H,24,26,29)/t17-/m0/s1. The first-order chi connectivity index (χ1) is 14.1. The SMILES string of the molecule is Cc1ccnc(NC(=O)N2c3nc(-c4ccnc(C)c4)ccc3N3CC[C@H]2C3)c1. The number of pyridine rings is 3. The maximum absolute atomic E-state index is 13.2. The molecule has 29 heavy (non-hydrogen) atoms. The second-order valence-corrected chi connectivity index (χ2v) is 7.63. The first-order valence-electron chi connectivity index (χ1n) is 9.80. The van der Waals surface area contributed by atoms with Crippen LogP contribution in [-0.4, -0.2) is 40.1 Å². The topological polar surface area (TPSA) is 74.2 Å². The van der Waals surface area contributed by atoms with Crippen molar-refractivity contribution in [2.45, 2.75) is 26.3 Å². The van der Waals surface area contributed by atoms with Crippen LogP contribution in [0.1, 0.15) is 17.7 Å². The Balaban J connectivity index is 1.53.